The number of ether oxygens (including phenoxy) is 2. The Morgan fingerprint density at radius 3 is 2.33 bits per heavy atom. The van der Waals surface area contributed by atoms with Crippen molar-refractivity contribution in [2.75, 3.05) is 19.0 Å². The lowest BCUT2D eigenvalue weighted by Crippen LogP contribution is -2.29. The monoisotopic (exact) mass is 384 g/mol. The molecular formula is C22H28N2O2S. The van der Waals surface area contributed by atoms with Gasteiger partial charge in [-0.05, 0) is 92.7 Å². The lowest BCUT2D eigenvalue weighted by Gasteiger charge is -2.14. The van der Waals surface area contributed by atoms with Gasteiger partial charge >= 0.3 is 0 Å². The van der Waals surface area contributed by atoms with Crippen molar-refractivity contribution in [3.63, 3.8) is 0 Å². The summed E-state index contributed by atoms with van der Waals surface area (Å²) < 4.78 is 11.2. The third-order valence-corrected chi connectivity index (χ3v) is 5.05. The van der Waals surface area contributed by atoms with Crippen LogP contribution >= 0.6 is 12.2 Å². The largest absolute Gasteiger partial charge is 0.497 e. The molecule has 1 aliphatic carbocycles. The van der Waals surface area contributed by atoms with E-state index >= 15 is 0 Å². The first-order valence-corrected chi connectivity index (χ1v) is 10.1. The van der Waals surface area contributed by atoms with Crippen LogP contribution in [0.1, 0.15) is 37.7 Å². The van der Waals surface area contributed by atoms with Gasteiger partial charge in [-0.3, -0.25) is 0 Å². The van der Waals surface area contributed by atoms with Crippen LogP contribution < -0.4 is 20.1 Å². The second-order valence-electron chi connectivity index (χ2n) is 6.88. The molecule has 0 bridgehead atoms. The van der Waals surface area contributed by atoms with Gasteiger partial charge in [0, 0.05) is 12.2 Å². The molecule has 0 atom stereocenters. The molecule has 1 saturated carbocycles. The Balaban J connectivity index is 1.34. The minimum absolute atomic E-state index is 0.386. The second-order valence-corrected chi connectivity index (χ2v) is 7.29. The Morgan fingerprint density at radius 2 is 1.67 bits per heavy atom. The normalized spacial score (nSPS) is 14.0. The Morgan fingerprint density at radius 1 is 1.00 bits per heavy atom. The molecule has 4 nitrogen and oxygen atoms in total. The summed E-state index contributed by atoms with van der Waals surface area (Å²) in [5.74, 6) is 1.83. The van der Waals surface area contributed by atoms with Gasteiger partial charge in [0.15, 0.2) is 5.11 Å². The lowest BCUT2D eigenvalue weighted by atomic mass is 10.1. The summed E-state index contributed by atoms with van der Waals surface area (Å²) >= 11 is 5.38. The van der Waals surface area contributed by atoms with Gasteiger partial charge in [0.2, 0.25) is 0 Å². The van der Waals surface area contributed by atoms with Crippen LogP contribution in [0, 0.1) is 0 Å². The molecule has 2 aromatic rings. The third-order valence-electron chi connectivity index (χ3n) is 4.80. The molecule has 1 aliphatic rings. The number of nitrogens with one attached hydrogen (secondary N) is 2. The molecule has 0 unspecified atom stereocenters. The van der Waals surface area contributed by atoms with Crippen LogP contribution in [0.5, 0.6) is 11.5 Å². The fraction of sp³-hybridized carbons (Fsp3) is 0.409. The standard InChI is InChI=1S/C22H28N2O2S/c1-25-19-12-8-17(9-13-19)5-4-16-23-22(27)24-18-10-14-21(15-11-18)26-20-6-2-3-7-20/h8-15,20H,2-7,16H2,1H3,(H2,23,24,27). The molecule has 0 radical (unpaired) electrons. The topological polar surface area (TPSA) is 42.5 Å². The van der Waals surface area contributed by atoms with Crippen molar-refractivity contribution in [2.24, 2.45) is 0 Å². The quantitative estimate of drug-likeness (QED) is 0.499. The third kappa shape index (κ3) is 6.43. The van der Waals surface area contributed by atoms with Gasteiger partial charge in [0.1, 0.15) is 11.5 Å². The van der Waals surface area contributed by atoms with Gasteiger partial charge in [0.05, 0.1) is 13.2 Å². The first-order valence-electron chi connectivity index (χ1n) is 9.67. The molecule has 2 aromatic carbocycles. The van der Waals surface area contributed by atoms with E-state index in [0.717, 1.165) is 36.6 Å². The average molecular weight is 385 g/mol. The van der Waals surface area contributed by atoms with E-state index in [0.29, 0.717) is 11.2 Å². The molecule has 1 fully saturated rings. The van der Waals surface area contributed by atoms with Crippen LogP contribution in [-0.4, -0.2) is 24.9 Å². The highest BCUT2D eigenvalue weighted by Gasteiger charge is 2.16. The maximum absolute atomic E-state index is 5.99. The van der Waals surface area contributed by atoms with Crippen LogP contribution in [0.4, 0.5) is 5.69 Å². The summed E-state index contributed by atoms with van der Waals surface area (Å²) in [6.45, 7) is 0.834. The predicted molar refractivity (Wildman–Crippen MR) is 115 cm³/mol. The van der Waals surface area contributed by atoms with E-state index in [1.54, 1.807) is 7.11 Å². The van der Waals surface area contributed by atoms with Crippen molar-refractivity contribution < 1.29 is 9.47 Å². The van der Waals surface area contributed by atoms with Crippen LogP contribution in [0.25, 0.3) is 0 Å². The summed E-state index contributed by atoms with van der Waals surface area (Å²) in [7, 11) is 1.68. The number of hydrogen-bond acceptors (Lipinski definition) is 3. The number of thiocarbonyl (C=S) groups is 1. The fourth-order valence-electron chi connectivity index (χ4n) is 3.28. The molecule has 27 heavy (non-hydrogen) atoms. The smallest absolute Gasteiger partial charge is 0.170 e. The highest BCUT2D eigenvalue weighted by atomic mass is 32.1. The Hall–Kier alpha value is -2.27. The SMILES string of the molecule is COc1ccc(CCCNC(=S)Nc2ccc(OC3CCCC3)cc2)cc1. The van der Waals surface area contributed by atoms with Crippen molar-refractivity contribution in [3.05, 3.63) is 54.1 Å². The average Bonchev–Trinajstić information content (AvgIpc) is 3.20. The van der Waals surface area contributed by atoms with Gasteiger partial charge in [-0.25, -0.2) is 0 Å². The zero-order valence-electron chi connectivity index (χ0n) is 15.9. The van der Waals surface area contributed by atoms with E-state index < -0.39 is 0 Å². The number of methoxy groups -OCH3 is 1. The van der Waals surface area contributed by atoms with Crippen molar-refractivity contribution >= 4 is 23.0 Å². The molecule has 3 rings (SSSR count). The fourth-order valence-corrected chi connectivity index (χ4v) is 3.50. The highest BCUT2D eigenvalue weighted by Crippen LogP contribution is 2.25. The highest BCUT2D eigenvalue weighted by molar-refractivity contribution is 7.80. The zero-order chi connectivity index (χ0) is 18.9. The van der Waals surface area contributed by atoms with Crippen molar-refractivity contribution in [3.8, 4) is 11.5 Å². The number of hydrogen-bond donors (Lipinski definition) is 2. The molecular weight excluding hydrogens is 356 g/mol. The first kappa shape index (κ1) is 19.5. The molecule has 0 aromatic heterocycles. The van der Waals surface area contributed by atoms with E-state index in [1.165, 1.54) is 31.2 Å². The van der Waals surface area contributed by atoms with Gasteiger partial charge in [0.25, 0.3) is 0 Å². The molecule has 144 valence electrons. The minimum Gasteiger partial charge on any atom is -0.497 e. The molecule has 2 N–H and O–H groups in total. The maximum atomic E-state index is 5.99. The van der Waals surface area contributed by atoms with Gasteiger partial charge < -0.3 is 20.1 Å². The van der Waals surface area contributed by atoms with Crippen LogP contribution in [0.2, 0.25) is 0 Å². The molecule has 0 heterocycles. The van der Waals surface area contributed by atoms with Gasteiger partial charge in [-0.15, -0.1) is 0 Å². The lowest BCUT2D eigenvalue weighted by molar-refractivity contribution is 0.210. The van der Waals surface area contributed by atoms with Crippen LogP contribution in [0.3, 0.4) is 0 Å². The minimum atomic E-state index is 0.386. The van der Waals surface area contributed by atoms with E-state index in [4.69, 9.17) is 21.7 Å². The first-order chi connectivity index (χ1) is 13.2. The summed E-state index contributed by atoms with van der Waals surface area (Å²) in [6.07, 6.45) is 7.31. The summed E-state index contributed by atoms with van der Waals surface area (Å²) in [5.41, 5.74) is 2.27. The molecule has 0 aliphatic heterocycles. The molecule has 0 spiro atoms. The van der Waals surface area contributed by atoms with Crippen molar-refractivity contribution in [2.45, 2.75) is 44.6 Å². The number of rotatable bonds is 8. The Labute approximate surface area is 167 Å². The number of anilines is 1. The summed E-state index contributed by atoms with van der Waals surface area (Å²) in [5, 5.41) is 7.13. The van der Waals surface area contributed by atoms with Crippen LogP contribution in [-0.2, 0) is 6.42 Å². The second kappa shape index (κ2) is 10.2. The van der Waals surface area contributed by atoms with E-state index in [2.05, 4.69) is 22.8 Å². The summed E-state index contributed by atoms with van der Waals surface area (Å²) in [6, 6.07) is 16.2. The van der Waals surface area contributed by atoms with Crippen LogP contribution in [0.15, 0.2) is 48.5 Å². The van der Waals surface area contributed by atoms with E-state index in [-0.39, 0.29) is 0 Å². The van der Waals surface area contributed by atoms with E-state index in [9.17, 15) is 0 Å². The number of benzene rings is 2. The van der Waals surface area contributed by atoms with Gasteiger partial charge in [-0.2, -0.15) is 0 Å². The molecule has 5 heteroatoms. The molecule has 0 amide bonds. The Kier molecular flexibility index (Phi) is 7.34. The zero-order valence-corrected chi connectivity index (χ0v) is 16.7. The maximum Gasteiger partial charge on any atom is 0.170 e. The number of aryl methyl sites for hydroxylation is 1. The van der Waals surface area contributed by atoms with Gasteiger partial charge in [-0.1, -0.05) is 12.1 Å². The Bertz CT molecular complexity index is 710. The van der Waals surface area contributed by atoms with Crippen molar-refractivity contribution in [1.82, 2.24) is 5.32 Å². The predicted octanol–water partition coefficient (Wildman–Crippen LogP) is 4.94. The summed E-state index contributed by atoms with van der Waals surface area (Å²) in [4.78, 5) is 0. The van der Waals surface area contributed by atoms with E-state index in [1.807, 2.05) is 36.4 Å². The van der Waals surface area contributed by atoms with Crippen molar-refractivity contribution in [1.29, 1.82) is 0 Å². The molecule has 0 saturated heterocycles.